The molecule has 0 aromatic heterocycles. The first-order chi connectivity index (χ1) is 5.35. The fraction of sp³-hybridized carbons (Fsp3) is 0.200. The molecule has 0 amide bonds. The number of hydrogen-bond donors (Lipinski definition) is 0. The molecule has 0 N–H and O–H groups in total. The molecule has 0 atom stereocenters. The van der Waals surface area contributed by atoms with Crippen molar-refractivity contribution in [2.45, 2.75) is 6.92 Å². The van der Waals surface area contributed by atoms with Gasteiger partial charge in [-0.3, -0.25) is 0 Å². The van der Waals surface area contributed by atoms with Crippen LogP contribution in [0.3, 0.4) is 0 Å². The van der Waals surface area contributed by atoms with Gasteiger partial charge in [-0.15, -0.1) is 11.6 Å². The summed E-state index contributed by atoms with van der Waals surface area (Å²) >= 11 is 5.00. The summed E-state index contributed by atoms with van der Waals surface area (Å²) in [6.07, 6.45) is 1.83. The molecule has 0 bridgehead atoms. The first kappa shape index (κ1) is 10.2. The highest BCUT2D eigenvalue weighted by atomic mass is 35.5. The Labute approximate surface area is 73.5 Å². The quantitative estimate of drug-likeness (QED) is 0.563. The Bertz CT molecular complexity index is 179. The molecule has 0 nitrogen and oxygen atoms in total. The van der Waals surface area contributed by atoms with Gasteiger partial charge in [0.1, 0.15) is 0 Å². The molecule has 11 heavy (non-hydrogen) atoms. The van der Waals surface area contributed by atoms with Crippen LogP contribution in [0.15, 0.2) is 36.9 Å². The van der Waals surface area contributed by atoms with Crippen molar-refractivity contribution >= 4 is 17.7 Å². The lowest BCUT2D eigenvalue weighted by Gasteiger charge is -1.85. The highest BCUT2D eigenvalue weighted by Crippen LogP contribution is 1.97. The summed E-state index contributed by atoms with van der Waals surface area (Å²) in [7, 11) is 0. The van der Waals surface area contributed by atoms with E-state index in [0.29, 0.717) is 0 Å². The van der Waals surface area contributed by atoms with Crippen LogP contribution >= 0.6 is 11.6 Å². The van der Waals surface area contributed by atoms with Crippen LogP contribution < -0.4 is 0 Å². The fourth-order valence-corrected chi connectivity index (χ4v) is 0.589. The number of rotatable bonds is 1. The Morgan fingerprint density at radius 1 is 1.36 bits per heavy atom. The van der Waals surface area contributed by atoms with Crippen molar-refractivity contribution in [1.82, 2.24) is 0 Å². The fourth-order valence-electron chi connectivity index (χ4n) is 0.589. The van der Waals surface area contributed by atoms with E-state index in [1.54, 1.807) is 0 Å². The van der Waals surface area contributed by atoms with E-state index in [4.69, 9.17) is 11.6 Å². The molecule has 1 aromatic carbocycles. The van der Waals surface area contributed by atoms with Crippen LogP contribution in [0, 0.1) is 0 Å². The molecular weight excluding hydrogens is 156 g/mol. The zero-order valence-electron chi connectivity index (χ0n) is 6.76. The van der Waals surface area contributed by atoms with Gasteiger partial charge in [0.2, 0.25) is 0 Å². The Morgan fingerprint density at radius 3 is 2.09 bits per heavy atom. The van der Waals surface area contributed by atoms with E-state index < -0.39 is 0 Å². The largest absolute Gasteiger partial charge is 0.127 e. The second-order valence-electron chi connectivity index (χ2n) is 1.88. The molecule has 0 fully saturated rings. The first-order valence-electron chi connectivity index (χ1n) is 3.58. The minimum absolute atomic E-state index is 0.722. The summed E-state index contributed by atoms with van der Waals surface area (Å²) in [5, 5.41) is 0. The molecule has 0 aliphatic carbocycles. The molecule has 60 valence electrons. The third kappa shape index (κ3) is 5.68. The molecule has 0 heterocycles. The lowest BCUT2D eigenvalue weighted by atomic mass is 10.2. The SMILES string of the molecule is C=Cc1ccccc1.CCCl. The van der Waals surface area contributed by atoms with E-state index in [2.05, 4.69) is 6.58 Å². The van der Waals surface area contributed by atoms with Crippen molar-refractivity contribution in [3.05, 3.63) is 42.5 Å². The van der Waals surface area contributed by atoms with E-state index in [0.717, 1.165) is 5.88 Å². The minimum atomic E-state index is 0.722. The Morgan fingerprint density at radius 2 is 1.82 bits per heavy atom. The van der Waals surface area contributed by atoms with Crippen LogP contribution in [-0.4, -0.2) is 5.88 Å². The van der Waals surface area contributed by atoms with Crippen molar-refractivity contribution in [2.24, 2.45) is 0 Å². The highest BCUT2D eigenvalue weighted by Gasteiger charge is 1.75. The monoisotopic (exact) mass is 168 g/mol. The predicted octanol–water partition coefficient (Wildman–Crippen LogP) is 3.57. The molecule has 0 aliphatic heterocycles. The second kappa shape index (κ2) is 7.36. The van der Waals surface area contributed by atoms with E-state index in [1.165, 1.54) is 5.56 Å². The molecule has 1 aromatic rings. The molecule has 0 unspecified atom stereocenters. The van der Waals surface area contributed by atoms with Crippen LogP contribution in [-0.2, 0) is 0 Å². The zero-order chi connectivity index (χ0) is 8.53. The number of hydrogen-bond acceptors (Lipinski definition) is 0. The molecule has 0 radical (unpaired) electrons. The third-order valence-corrected chi connectivity index (χ3v) is 1.04. The molecule has 1 rings (SSSR count). The smallest absolute Gasteiger partial charge is 0.0195 e. The number of alkyl halides is 1. The van der Waals surface area contributed by atoms with Gasteiger partial charge in [0.05, 0.1) is 0 Å². The molecular formula is C10H13Cl. The zero-order valence-corrected chi connectivity index (χ0v) is 7.51. The molecule has 0 aliphatic rings. The van der Waals surface area contributed by atoms with Crippen LogP contribution in [0.4, 0.5) is 0 Å². The van der Waals surface area contributed by atoms with Gasteiger partial charge >= 0.3 is 0 Å². The van der Waals surface area contributed by atoms with Crippen molar-refractivity contribution in [2.75, 3.05) is 5.88 Å². The van der Waals surface area contributed by atoms with Crippen LogP contribution in [0.1, 0.15) is 12.5 Å². The average Bonchev–Trinajstić information content (AvgIpc) is 2.08. The van der Waals surface area contributed by atoms with Gasteiger partial charge in [-0.05, 0) is 5.56 Å². The Balaban J connectivity index is 0.000000292. The Hall–Kier alpha value is -0.750. The van der Waals surface area contributed by atoms with Crippen molar-refractivity contribution < 1.29 is 0 Å². The van der Waals surface area contributed by atoms with Crippen molar-refractivity contribution in [1.29, 1.82) is 0 Å². The highest BCUT2D eigenvalue weighted by molar-refractivity contribution is 6.17. The minimum Gasteiger partial charge on any atom is -0.127 e. The number of halogens is 1. The average molecular weight is 169 g/mol. The summed E-state index contributed by atoms with van der Waals surface area (Å²) in [6.45, 7) is 5.52. The van der Waals surface area contributed by atoms with Crippen LogP contribution in [0.25, 0.3) is 6.08 Å². The second-order valence-corrected chi connectivity index (χ2v) is 2.42. The summed E-state index contributed by atoms with van der Waals surface area (Å²) in [6, 6.07) is 10.0. The first-order valence-corrected chi connectivity index (χ1v) is 4.12. The van der Waals surface area contributed by atoms with Crippen molar-refractivity contribution in [3.63, 3.8) is 0 Å². The Kier molecular flexibility index (Phi) is 6.86. The van der Waals surface area contributed by atoms with Gasteiger partial charge in [0.15, 0.2) is 0 Å². The van der Waals surface area contributed by atoms with Gasteiger partial charge < -0.3 is 0 Å². The normalized spacial score (nSPS) is 7.82. The van der Waals surface area contributed by atoms with Crippen molar-refractivity contribution in [3.8, 4) is 0 Å². The van der Waals surface area contributed by atoms with E-state index in [9.17, 15) is 0 Å². The van der Waals surface area contributed by atoms with Gasteiger partial charge in [-0.1, -0.05) is 49.9 Å². The van der Waals surface area contributed by atoms with E-state index in [1.807, 2.05) is 43.3 Å². The summed E-state index contributed by atoms with van der Waals surface area (Å²) in [4.78, 5) is 0. The molecule has 1 heteroatoms. The summed E-state index contributed by atoms with van der Waals surface area (Å²) in [5.41, 5.74) is 1.17. The van der Waals surface area contributed by atoms with E-state index in [-0.39, 0.29) is 0 Å². The van der Waals surface area contributed by atoms with E-state index >= 15 is 0 Å². The topological polar surface area (TPSA) is 0 Å². The van der Waals surface area contributed by atoms with Crippen LogP contribution in [0.5, 0.6) is 0 Å². The van der Waals surface area contributed by atoms with Gasteiger partial charge in [0.25, 0.3) is 0 Å². The standard InChI is InChI=1S/C8H8.C2H5Cl/c1-2-8-6-4-3-5-7-8;1-2-3/h2-7H,1H2;2H2,1H3. The molecule has 0 saturated carbocycles. The predicted molar refractivity (Wildman–Crippen MR) is 52.9 cm³/mol. The third-order valence-electron chi connectivity index (χ3n) is 1.04. The maximum absolute atomic E-state index is 5.00. The summed E-state index contributed by atoms with van der Waals surface area (Å²) in [5.74, 6) is 0.722. The lowest BCUT2D eigenvalue weighted by Crippen LogP contribution is -1.63. The van der Waals surface area contributed by atoms with Gasteiger partial charge in [-0.2, -0.15) is 0 Å². The summed E-state index contributed by atoms with van der Waals surface area (Å²) < 4.78 is 0. The number of benzene rings is 1. The molecule has 0 spiro atoms. The maximum atomic E-state index is 5.00. The molecule has 0 saturated heterocycles. The van der Waals surface area contributed by atoms with Crippen LogP contribution in [0.2, 0.25) is 0 Å². The maximum Gasteiger partial charge on any atom is 0.0195 e. The van der Waals surface area contributed by atoms with Gasteiger partial charge in [0, 0.05) is 5.88 Å². The lowest BCUT2D eigenvalue weighted by molar-refractivity contribution is 1.51. The van der Waals surface area contributed by atoms with Gasteiger partial charge in [-0.25, -0.2) is 0 Å².